The number of nitrogens with zero attached hydrogens (tertiary/aromatic N) is 1. The summed E-state index contributed by atoms with van der Waals surface area (Å²) in [5.41, 5.74) is 9.76. The van der Waals surface area contributed by atoms with E-state index in [4.69, 9.17) is 5.73 Å². The predicted molar refractivity (Wildman–Crippen MR) is 60.6 cm³/mol. The van der Waals surface area contributed by atoms with Crippen LogP contribution in [-0.2, 0) is 0 Å². The van der Waals surface area contributed by atoms with E-state index in [0.29, 0.717) is 5.92 Å². The summed E-state index contributed by atoms with van der Waals surface area (Å²) in [5.74, 6) is 0.491. The van der Waals surface area contributed by atoms with Gasteiger partial charge in [0.1, 0.15) is 0 Å². The molecule has 1 aromatic heterocycles. The average molecular weight is 201 g/mol. The van der Waals surface area contributed by atoms with Crippen LogP contribution in [0.4, 0.5) is 0 Å². The van der Waals surface area contributed by atoms with Crippen molar-refractivity contribution < 1.29 is 0 Å². The number of aromatic amines is 1. The second kappa shape index (κ2) is 2.61. The maximum atomic E-state index is 6.07. The molecular formula is C12H15N3. The summed E-state index contributed by atoms with van der Waals surface area (Å²) in [6.07, 6.45) is 1.73. The molecule has 0 radical (unpaired) electrons. The Labute approximate surface area is 88.7 Å². The molecule has 0 spiro atoms. The SMILES string of the molecule is CC1(C)C(N)C1c1ccc2nc[nH]c2c1. The van der Waals surface area contributed by atoms with Gasteiger partial charge in [0.2, 0.25) is 0 Å². The molecule has 1 fully saturated rings. The first-order valence-corrected chi connectivity index (χ1v) is 5.29. The number of hydrogen-bond donors (Lipinski definition) is 2. The fraction of sp³-hybridized carbons (Fsp3) is 0.417. The average Bonchev–Trinajstić information content (AvgIpc) is 2.62. The zero-order valence-electron chi connectivity index (χ0n) is 8.99. The first-order valence-electron chi connectivity index (χ1n) is 5.29. The van der Waals surface area contributed by atoms with Crippen LogP contribution in [-0.4, -0.2) is 16.0 Å². The zero-order chi connectivity index (χ0) is 10.6. The lowest BCUT2D eigenvalue weighted by molar-refractivity contribution is 0.599. The largest absolute Gasteiger partial charge is 0.345 e. The zero-order valence-corrected chi connectivity index (χ0v) is 8.99. The van der Waals surface area contributed by atoms with Gasteiger partial charge in [0.05, 0.1) is 17.4 Å². The van der Waals surface area contributed by atoms with E-state index in [1.807, 2.05) is 0 Å². The normalized spacial score (nSPS) is 28.2. The number of H-pyrrole nitrogens is 1. The number of hydrogen-bond acceptors (Lipinski definition) is 2. The van der Waals surface area contributed by atoms with E-state index in [9.17, 15) is 0 Å². The molecule has 2 unspecified atom stereocenters. The van der Waals surface area contributed by atoms with Crippen LogP contribution >= 0.6 is 0 Å². The Morgan fingerprint density at radius 3 is 2.80 bits per heavy atom. The Morgan fingerprint density at radius 1 is 1.40 bits per heavy atom. The number of rotatable bonds is 1. The molecule has 78 valence electrons. The van der Waals surface area contributed by atoms with Crippen molar-refractivity contribution in [3.63, 3.8) is 0 Å². The third kappa shape index (κ3) is 1.13. The van der Waals surface area contributed by atoms with Crippen LogP contribution in [0, 0.1) is 5.41 Å². The second-order valence-corrected chi connectivity index (χ2v) is 5.00. The Kier molecular flexibility index (Phi) is 1.55. The predicted octanol–water partition coefficient (Wildman–Crippen LogP) is 2.01. The van der Waals surface area contributed by atoms with E-state index >= 15 is 0 Å². The second-order valence-electron chi connectivity index (χ2n) is 5.00. The molecule has 3 nitrogen and oxygen atoms in total. The highest BCUT2D eigenvalue weighted by atomic mass is 14.9. The van der Waals surface area contributed by atoms with Crippen molar-refractivity contribution in [3.8, 4) is 0 Å². The van der Waals surface area contributed by atoms with Crippen molar-refractivity contribution in [2.24, 2.45) is 11.1 Å². The third-order valence-electron chi connectivity index (χ3n) is 3.71. The molecule has 15 heavy (non-hydrogen) atoms. The van der Waals surface area contributed by atoms with Gasteiger partial charge in [-0.25, -0.2) is 4.98 Å². The summed E-state index contributed by atoms with van der Waals surface area (Å²) in [5, 5.41) is 0. The standard InChI is InChI=1S/C12H15N3/c1-12(2)10(11(12)13)7-3-4-8-9(5-7)15-6-14-8/h3-6,10-11H,13H2,1-2H3,(H,14,15). The summed E-state index contributed by atoms with van der Waals surface area (Å²) in [6.45, 7) is 4.44. The quantitative estimate of drug-likeness (QED) is 0.741. The van der Waals surface area contributed by atoms with E-state index in [1.165, 1.54) is 5.56 Å². The molecule has 1 aromatic carbocycles. The monoisotopic (exact) mass is 201 g/mol. The van der Waals surface area contributed by atoms with E-state index in [1.54, 1.807) is 6.33 Å². The van der Waals surface area contributed by atoms with Gasteiger partial charge in [0, 0.05) is 12.0 Å². The summed E-state index contributed by atoms with van der Waals surface area (Å²) in [7, 11) is 0. The van der Waals surface area contributed by atoms with Gasteiger partial charge in [0.15, 0.2) is 0 Å². The first-order chi connectivity index (χ1) is 7.10. The highest BCUT2D eigenvalue weighted by molar-refractivity contribution is 5.75. The van der Waals surface area contributed by atoms with E-state index in [0.717, 1.165) is 11.0 Å². The molecule has 0 amide bonds. The van der Waals surface area contributed by atoms with Gasteiger partial charge in [-0.1, -0.05) is 19.9 Å². The Morgan fingerprint density at radius 2 is 2.13 bits per heavy atom. The van der Waals surface area contributed by atoms with Crippen molar-refractivity contribution in [2.75, 3.05) is 0 Å². The lowest BCUT2D eigenvalue weighted by Crippen LogP contribution is -2.06. The lowest BCUT2D eigenvalue weighted by Gasteiger charge is -2.02. The molecule has 1 aliphatic rings. The van der Waals surface area contributed by atoms with Crippen molar-refractivity contribution >= 4 is 11.0 Å². The van der Waals surface area contributed by atoms with Gasteiger partial charge in [-0.05, 0) is 23.1 Å². The number of aromatic nitrogens is 2. The fourth-order valence-electron chi connectivity index (χ4n) is 2.46. The number of benzene rings is 1. The molecule has 1 saturated carbocycles. The minimum Gasteiger partial charge on any atom is -0.345 e. The third-order valence-corrected chi connectivity index (χ3v) is 3.71. The summed E-state index contributed by atoms with van der Waals surface area (Å²) >= 11 is 0. The molecule has 3 N–H and O–H groups in total. The fourth-order valence-corrected chi connectivity index (χ4v) is 2.46. The Hall–Kier alpha value is -1.35. The Balaban J connectivity index is 2.06. The minimum absolute atomic E-state index is 0.244. The highest BCUT2D eigenvalue weighted by Gasteiger charge is 2.56. The first kappa shape index (κ1) is 8.92. The van der Waals surface area contributed by atoms with Crippen LogP contribution in [0.3, 0.4) is 0 Å². The van der Waals surface area contributed by atoms with Gasteiger partial charge in [-0.2, -0.15) is 0 Å². The van der Waals surface area contributed by atoms with Crippen molar-refractivity contribution in [3.05, 3.63) is 30.1 Å². The van der Waals surface area contributed by atoms with Gasteiger partial charge >= 0.3 is 0 Å². The van der Waals surface area contributed by atoms with E-state index in [-0.39, 0.29) is 11.5 Å². The summed E-state index contributed by atoms with van der Waals surface area (Å²) in [6, 6.07) is 6.66. The molecular weight excluding hydrogens is 186 g/mol. The molecule has 2 aromatic rings. The van der Waals surface area contributed by atoms with Crippen LogP contribution in [0.5, 0.6) is 0 Å². The lowest BCUT2D eigenvalue weighted by atomic mass is 10.0. The molecule has 0 bridgehead atoms. The number of nitrogens with one attached hydrogen (secondary N) is 1. The topological polar surface area (TPSA) is 54.7 Å². The van der Waals surface area contributed by atoms with Crippen LogP contribution in [0.15, 0.2) is 24.5 Å². The number of imidazole rings is 1. The van der Waals surface area contributed by atoms with Crippen LogP contribution in [0.25, 0.3) is 11.0 Å². The highest BCUT2D eigenvalue weighted by Crippen LogP contribution is 2.57. The maximum Gasteiger partial charge on any atom is 0.0931 e. The van der Waals surface area contributed by atoms with Crippen molar-refractivity contribution in [1.82, 2.24) is 9.97 Å². The molecule has 1 aliphatic carbocycles. The maximum absolute atomic E-state index is 6.07. The molecule has 3 rings (SSSR count). The number of nitrogens with two attached hydrogens (primary N) is 1. The molecule has 1 heterocycles. The molecule has 3 heteroatoms. The molecule has 2 atom stereocenters. The minimum atomic E-state index is 0.244. The van der Waals surface area contributed by atoms with Crippen molar-refractivity contribution in [2.45, 2.75) is 25.8 Å². The van der Waals surface area contributed by atoms with E-state index in [2.05, 4.69) is 42.0 Å². The molecule has 0 aliphatic heterocycles. The van der Waals surface area contributed by atoms with Crippen molar-refractivity contribution in [1.29, 1.82) is 0 Å². The smallest absolute Gasteiger partial charge is 0.0931 e. The van der Waals surface area contributed by atoms with Crippen LogP contribution in [0.2, 0.25) is 0 Å². The van der Waals surface area contributed by atoms with Crippen LogP contribution < -0.4 is 5.73 Å². The summed E-state index contributed by atoms with van der Waals surface area (Å²) < 4.78 is 0. The van der Waals surface area contributed by atoms with Gasteiger partial charge in [-0.15, -0.1) is 0 Å². The summed E-state index contributed by atoms with van der Waals surface area (Å²) in [4.78, 5) is 7.34. The van der Waals surface area contributed by atoms with E-state index < -0.39 is 0 Å². The van der Waals surface area contributed by atoms with Gasteiger partial charge in [-0.3, -0.25) is 0 Å². The van der Waals surface area contributed by atoms with Crippen LogP contribution in [0.1, 0.15) is 25.3 Å². The Bertz CT molecular complexity index is 512. The van der Waals surface area contributed by atoms with Gasteiger partial charge in [0.25, 0.3) is 0 Å². The number of fused-ring (bicyclic) bond motifs is 1. The molecule has 0 saturated heterocycles. The van der Waals surface area contributed by atoms with Gasteiger partial charge < -0.3 is 10.7 Å².